The molecule has 3 nitrogen and oxygen atoms in total. The fourth-order valence-electron chi connectivity index (χ4n) is 1.59. The van der Waals surface area contributed by atoms with Crippen LogP contribution in [0.1, 0.15) is 25.7 Å². The number of Topliss-reactive ketones (excluding diaryl/α,β-unsaturated/α-hetero) is 1. The van der Waals surface area contributed by atoms with Gasteiger partial charge < -0.3 is 9.47 Å². The van der Waals surface area contributed by atoms with Crippen molar-refractivity contribution in [1.29, 1.82) is 0 Å². The minimum atomic E-state index is 0.328. The maximum absolute atomic E-state index is 11.3. The van der Waals surface area contributed by atoms with Crippen LogP contribution in [0.3, 0.4) is 0 Å². The largest absolute Gasteiger partial charge is 0.384 e. The lowest BCUT2D eigenvalue weighted by Gasteiger charge is -2.20. The Balaban J connectivity index is 2.11. The Morgan fingerprint density at radius 2 is 2.15 bits per heavy atom. The molecule has 0 N–H and O–H groups in total. The summed E-state index contributed by atoms with van der Waals surface area (Å²) in [5, 5.41) is 0. The predicted molar refractivity (Wildman–Crippen MR) is 49.7 cm³/mol. The highest BCUT2D eigenvalue weighted by Gasteiger charge is 2.16. The lowest BCUT2D eigenvalue weighted by molar-refractivity contribution is -0.121. The van der Waals surface area contributed by atoms with Gasteiger partial charge in [-0.1, -0.05) is 0 Å². The van der Waals surface area contributed by atoms with Crippen LogP contribution < -0.4 is 0 Å². The van der Waals surface area contributed by atoms with Crippen molar-refractivity contribution in [3.8, 4) is 0 Å². The van der Waals surface area contributed by atoms with E-state index in [0.29, 0.717) is 31.1 Å². The SMILES string of the molecule is COCCC(=O)CC1CCOCC1. The molecule has 0 aromatic carbocycles. The molecule has 0 spiro atoms. The first kappa shape index (κ1) is 10.7. The van der Waals surface area contributed by atoms with Gasteiger partial charge in [0.15, 0.2) is 0 Å². The van der Waals surface area contributed by atoms with Crippen molar-refractivity contribution in [1.82, 2.24) is 0 Å². The highest BCUT2D eigenvalue weighted by Crippen LogP contribution is 2.19. The minimum Gasteiger partial charge on any atom is -0.384 e. The number of carbonyl (C=O) groups excluding carboxylic acids is 1. The third-order valence-corrected chi connectivity index (χ3v) is 2.44. The Morgan fingerprint density at radius 1 is 1.46 bits per heavy atom. The molecular formula is C10H18O3. The fourth-order valence-corrected chi connectivity index (χ4v) is 1.59. The van der Waals surface area contributed by atoms with Crippen LogP contribution in [0.15, 0.2) is 0 Å². The Hall–Kier alpha value is -0.410. The molecule has 13 heavy (non-hydrogen) atoms. The Kier molecular flexibility index (Phi) is 5.01. The van der Waals surface area contributed by atoms with Crippen LogP contribution in [0.5, 0.6) is 0 Å². The molecule has 1 aliphatic rings. The Bertz CT molecular complexity index is 150. The summed E-state index contributed by atoms with van der Waals surface area (Å²) in [6.45, 7) is 2.20. The lowest BCUT2D eigenvalue weighted by Crippen LogP contribution is -2.19. The third kappa shape index (κ3) is 4.39. The summed E-state index contributed by atoms with van der Waals surface area (Å²) in [6, 6.07) is 0. The molecule has 0 atom stereocenters. The second-order valence-corrected chi connectivity index (χ2v) is 3.54. The summed E-state index contributed by atoms with van der Waals surface area (Å²) < 4.78 is 10.1. The molecule has 3 heteroatoms. The van der Waals surface area contributed by atoms with Crippen molar-refractivity contribution in [2.75, 3.05) is 26.9 Å². The Labute approximate surface area is 79.4 Å². The highest BCUT2D eigenvalue weighted by atomic mass is 16.5. The molecule has 1 saturated heterocycles. The second-order valence-electron chi connectivity index (χ2n) is 3.54. The topological polar surface area (TPSA) is 35.5 Å². The third-order valence-electron chi connectivity index (χ3n) is 2.44. The Morgan fingerprint density at radius 3 is 2.77 bits per heavy atom. The zero-order valence-electron chi connectivity index (χ0n) is 8.25. The fraction of sp³-hybridized carbons (Fsp3) is 0.900. The van der Waals surface area contributed by atoms with E-state index < -0.39 is 0 Å². The second kappa shape index (κ2) is 6.11. The predicted octanol–water partition coefficient (Wildman–Crippen LogP) is 1.41. The molecular weight excluding hydrogens is 168 g/mol. The number of methoxy groups -OCH3 is 1. The summed E-state index contributed by atoms with van der Waals surface area (Å²) in [5.41, 5.74) is 0. The van der Waals surface area contributed by atoms with Crippen LogP contribution in [0.2, 0.25) is 0 Å². The first-order valence-electron chi connectivity index (χ1n) is 4.91. The van der Waals surface area contributed by atoms with Gasteiger partial charge in [-0.05, 0) is 18.8 Å². The van der Waals surface area contributed by atoms with E-state index in [4.69, 9.17) is 9.47 Å². The zero-order chi connectivity index (χ0) is 9.52. The van der Waals surface area contributed by atoms with E-state index in [-0.39, 0.29) is 0 Å². The molecule has 0 radical (unpaired) electrons. The van der Waals surface area contributed by atoms with Crippen molar-refractivity contribution >= 4 is 5.78 Å². The maximum atomic E-state index is 11.3. The number of carbonyl (C=O) groups is 1. The summed E-state index contributed by atoms with van der Waals surface area (Å²) in [7, 11) is 1.63. The summed E-state index contributed by atoms with van der Waals surface area (Å²) >= 11 is 0. The molecule has 0 bridgehead atoms. The van der Waals surface area contributed by atoms with E-state index >= 15 is 0 Å². The molecule has 1 heterocycles. The normalized spacial score (nSPS) is 18.8. The van der Waals surface area contributed by atoms with Gasteiger partial charge >= 0.3 is 0 Å². The summed E-state index contributed by atoms with van der Waals surface area (Å²) in [6.07, 6.45) is 3.36. The van der Waals surface area contributed by atoms with Gasteiger partial charge in [0.1, 0.15) is 5.78 Å². The van der Waals surface area contributed by atoms with Crippen LogP contribution >= 0.6 is 0 Å². The first-order chi connectivity index (χ1) is 6.33. The van der Waals surface area contributed by atoms with Gasteiger partial charge in [-0.15, -0.1) is 0 Å². The lowest BCUT2D eigenvalue weighted by atomic mass is 9.93. The standard InChI is InChI=1S/C10H18O3/c1-12-5-4-10(11)8-9-2-6-13-7-3-9/h9H,2-8H2,1H3. The molecule has 0 unspecified atom stereocenters. The van der Waals surface area contributed by atoms with E-state index in [9.17, 15) is 4.79 Å². The molecule has 1 fully saturated rings. The van der Waals surface area contributed by atoms with Gasteiger partial charge in [-0.25, -0.2) is 0 Å². The quantitative estimate of drug-likeness (QED) is 0.651. The van der Waals surface area contributed by atoms with Gasteiger partial charge in [-0.2, -0.15) is 0 Å². The highest BCUT2D eigenvalue weighted by molar-refractivity contribution is 5.78. The van der Waals surface area contributed by atoms with E-state index in [1.54, 1.807) is 7.11 Å². The number of rotatable bonds is 5. The van der Waals surface area contributed by atoms with Crippen LogP contribution in [-0.2, 0) is 14.3 Å². The molecule has 0 aliphatic carbocycles. The van der Waals surface area contributed by atoms with Crippen molar-refractivity contribution in [3.05, 3.63) is 0 Å². The van der Waals surface area contributed by atoms with Crippen LogP contribution in [0.4, 0.5) is 0 Å². The smallest absolute Gasteiger partial charge is 0.135 e. The molecule has 1 aliphatic heterocycles. The van der Waals surface area contributed by atoms with E-state index in [2.05, 4.69) is 0 Å². The van der Waals surface area contributed by atoms with E-state index in [1.807, 2.05) is 0 Å². The van der Waals surface area contributed by atoms with Crippen molar-refractivity contribution in [2.45, 2.75) is 25.7 Å². The first-order valence-corrected chi connectivity index (χ1v) is 4.91. The molecule has 0 amide bonds. The van der Waals surface area contributed by atoms with Crippen molar-refractivity contribution in [2.24, 2.45) is 5.92 Å². The number of hydrogen-bond acceptors (Lipinski definition) is 3. The van der Waals surface area contributed by atoms with E-state index in [0.717, 1.165) is 26.1 Å². The molecule has 1 rings (SSSR count). The number of ketones is 1. The van der Waals surface area contributed by atoms with Crippen molar-refractivity contribution in [3.63, 3.8) is 0 Å². The van der Waals surface area contributed by atoms with Crippen LogP contribution in [-0.4, -0.2) is 32.7 Å². The number of hydrogen-bond donors (Lipinski definition) is 0. The number of ether oxygens (including phenoxy) is 2. The van der Waals surface area contributed by atoms with Gasteiger partial charge in [0, 0.05) is 33.2 Å². The van der Waals surface area contributed by atoms with E-state index in [1.165, 1.54) is 0 Å². The van der Waals surface area contributed by atoms with Gasteiger partial charge in [-0.3, -0.25) is 4.79 Å². The van der Waals surface area contributed by atoms with Crippen molar-refractivity contribution < 1.29 is 14.3 Å². The van der Waals surface area contributed by atoms with Gasteiger partial charge in [0.2, 0.25) is 0 Å². The summed E-state index contributed by atoms with van der Waals surface area (Å²) in [5.74, 6) is 0.881. The average Bonchev–Trinajstić information content (AvgIpc) is 2.16. The van der Waals surface area contributed by atoms with Crippen LogP contribution in [0.25, 0.3) is 0 Å². The monoisotopic (exact) mass is 186 g/mol. The molecule has 76 valence electrons. The van der Waals surface area contributed by atoms with Gasteiger partial charge in [0.05, 0.1) is 6.61 Å². The average molecular weight is 186 g/mol. The van der Waals surface area contributed by atoms with Gasteiger partial charge in [0.25, 0.3) is 0 Å². The molecule has 0 saturated carbocycles. The maximum Gasteiger partial charge on any atom is 0.135 e. The zero-order valence-corrected chi connectivity index (χ0v) is 8.25. The molecule has 0 aromatic rings. The minimum absolute atomic E-state index is 0.328. The summed E-state index contributed by atoms with van der Waals surface area (Å²) in [4.78, 5) is 11.3. The van der Waals surface area contributed by atoms with Crippen LogP contribution in [0, 0.1) is 5.92 Å². The molecule has 0 aromatic heterocycles.